The van der Waals surface area contributed by atoms with Gasteiger partial charge in [0.2, 0.25) is 0 Å². The molecule has 2 bridgehead atoms. The summed E-state index contributed by atoms with van der Waals surface area (Å²) >= 11 is 1.62. The first-order chi connectivity index (χ1) is 12.3. The minimum absolute atomic E-state index is 0. The van der Waals surface area contributed by atoms with Crippen LogP contribution in [-0.2, 0) is 0 Å². The quantitative estimate of drug-likeness (QED) is 0.464. The molecule has 3 saturated heterocycles. The number of hydrogen-bond acceptors (Lipinski definition) is 3. The summed E-state index contributed by atoms with van der Waals surface area (Å²) in [5.74, 6) is 2.09. The molecule has 0 spiro atoms. The number of hydrogen-bond donors (Lipinski definition) is 2. The summed E-state index contributed by atoms with van der Waals surface area (Å²) in [6.07, 6.45) is 4.90. The van der Waals surface area contributed by atoms with E-state index in [0.717, 1.165) is 22.0 Å². The zero-order valence-corrected chi connectivity index (χ0v) is 17.4. The Kier molecular flexibility index (Phi) is 6.16. The summed E-state index contributed by atoms with van der Waals surface area (Å²) in [4.78, 5) is 11.7. The van der Waals surface area contributed by atoms with Crippen LogP contribution in [0.3, 0.4) is 0 Å². The number of nitrogens with zero attached hydrogens (tertiary/aromatic N) is 2. The SMILES string of the molecule is Cl.Cl.NC(=Nc1ccc2c([C@@H]3CN4CCC3CC4)c[nH]c2c1)c1cccs1. The van der Waals surface area contributed by atoms with E-state index in [9.17, 15) is 0 Å². The molecular weight excluding hydrogens is 399 g/mol. The molecular formula is C20H24Cl2N4S. The number of H-pyrrole nitrogens is 1. The predicted molar refractivity (Wildman–Crippen MR) is 119 cm³/mol. The van der Waals surface area contributed by atoms with Gasteiger partial charge in [0.15, 0.2) is 0 Å². The maximum absolute atomic E-state index is 6.12. The number of nitrogens with one attached hydrogen (secondary N) is 1. The van der Waals surface area contributed by atoms with Crippen LogP contribution < -0.4 is 5.73 Å². The lowest BCUT2D eigenvalue weighted by Gasteiger charge is -2.44. The topological polar surface area (TPSA) is 57.4 Å². The molecule has 4 nitrogen and oxygen atoms in total. The van der Waals surface area contributed by atoms with Gasteiger partial charge in [-0.25, -0.2) is 4.99 Å². The lowest BCUT2D eigenvalue weighted by atomic mass is 9.75. The zero-order valence-electron chi connectivity index (χ0n) is 14.9. The Hall–Kier alpha value is -1.53. The number of fused-ring (bicyclic) bond motifs is 4. The van der Waals surface area contributed by atoms with Gasteiger partial charge in [0.25, 0.3) is 0 Å². The Bertz CT molecular complexity index is 927. The van der Waals surface area contributed by atoms with E-state index in [4.69, 9.17) is 5.73 Å². The van der Waals surface area contributed by atoms with Crippen molar-refractivity contribution in [2.75, 3.05) is 19.6 Å². The van der Waals surface area contributed by atoms with Crippen LogP contribution >= 0.6 is 36.2 Å². The van der Waals surface area contributed by atoms with Gasteiger partial charge < -0.3 is 15.6 Å². The summed E-state index contributed by atoms with van der Waals surface area (Å²) in [5.41, 5.74) is 9.66. The molecule has 3 N–H and O–H groups in total. The number of piperidine rings is 3. The fourth-order valence-corrected chi connectivity index (χ4v) is 5.08. The molecule has 3 aliphatic heterocycles. The average Bonchev–Trinajstić information content (AvgIpc) is 3.32. The molecule has 3 aromatic rings. The highest BCUT2D eigenvalue weighted by molar-refractivity contribution is 7.12. The Morgan fingerprint density at radius 3 is 2.67 bits per heavy atom. The monoisotopic (exact) mass is 422 g/mol. The summed E-state index contributed by atoms with van der Waals surface area (Å²) in [5, 5.41) is 3.36. The number of nitrogens with two attached hydrogens (primary N) is 1. The van der Waals surface area contributed by atoms with E-state index in [1.165, 1.54) is 43.4 Å². The second-order valence-corrected chi connectivity index (χ2v) is 8.14. The molecule has 0 unspecified atom stereocenters. The van der Waals surface area contributed by atoms with Crippen molar-refractivity contribution < 1.29 is 0 Å². The van der Waals surface area contributed by atoms with Gasteiger partial charge in [0.1, 0.15) is 5.84 Å². The molecule has 6 rings (SSSR count). The molecule has 144 valence electrons. The van der Waals surface area contributed by atoms with Gasteiger partial charge in [-0.2, -0.15) is 0 Å². The average molecular weight is 423 g/mol. The summed E-state index contributed by atoms with van der Waals surface area (Å²) in [6, 6.07) is 10.4. The van der Waals surface area contributed by atoms with E-state index in [1.54, 1.807) is 11.3 Å². The van der Waals surface area contributed by atoms with E-state index in [1.807, 2.05) is 17.5 Å². The number of aromatic amines is 1. The first kappa shape index (κ1) is 20.2. The lowest BCUT2D eigenvalue weighted by Crippen LogP contribution is -2.46. The number of thiophene rings is 1. The molecule has 1 atom stereocenters. The van der Waals surface area contributed by atoms with Crippen LogP contribution in [0, 0.1) is 5.92 Å². The third-order valence-corrected chi connectivity index (χ3v) is 6.67. The first-order valence-electron chi connectivity index (χ1n) is 8.99. The Morgan fingerprint density at radius 2 is 2.00 bits per heavy atom. The second-order valence-electron chi connectivity index (χ2n) is 7.19. The fourth-order valence-electron chi connectivity index (χ4n) is 4.45. The van der Waals surface area contributed by atoms with Crippen LogP contribution in [0.2, 0.25) is 0 Å². The minimum atomic E-state index is 0. The number of aliphatic imine (C=N–C) groups is 1. The van der Waals surface area contributed by atoms with Crippen molar-refractivity contribution in [3.63, 3.8) is 0 Å². The molecule has 0 amide bonds. The number of rotatable bonds is 3. The Balaban J connectivity index is 0.00000105. The van der Waals surface area contributed by atoms with Gasteiger partial charge in [0, 0.05) is 29.6 Å². The van der Waals surface area contributed by atoms with E-state index < -0.39 is 0 Å². The molecule has 27 heavy (non-hydrogen) atoms. The third-order valence-electron chi connectivity index (χ3n) is 5.78. The van der Waals surface area contributed by atoms with Gasteiger partial charge in [-0.1, -0.05) is 12.1 Å². The maximum atomic E-state index is 6.12. The summed E-state index contributed by atoms with van der Waals surface area (Å²) < 4.78 is 0. The van der Waals surface area contributed by atoms with Crippen LogP contribution in [-0.4, -0.2) is 35.4 Å². The van der Waals surface area contributed by atoms with Crippen LogP contribution in [0.1, 0.15) is 29.2 Å². The van der Waals surface area contributed by atoms with Gasteiger partial charge in [-0.3, -0.25) is 0 Å². The molecule has 5 heterocycles. The smallest absolute Gasteiger partial charge is 0.141 e. The molecule has 3 fully saturated rings. The summed E-state index contributed by atoms with van der Waals surface area (Å²) in [6.45, 7) is 3.78. The predicted octanol–water partition coefficient (Wildman–Crippen LogP) is 4.92. The van der Waals surface area contributed by atoms with Crippen LogP contribution in [0.5, 0.6) is 0 Å². The maximum Gasteiger partial charge on any atom is 0.141 e. The Labute approximate surface area is 175 Å². The number of aromatic nitrogens is 1. The van der Waals surface area contributed by atoms with Crippen molar-refractivity contribution in [1.29, 1.82) is 0 Å². The molecule has 0 saturated carbocycles. The summed E-state index contributed by atoms with van der Waals surface area (Å²) in [7, 11) is 0. The van der Waals surface area contributed by atoms with E-state index >= 15 is 0 Å². The van der Waals surface area contributed by atoms with Crippen LogP contribution in [0.25, 0.3) is 10.9 Å². The van der Waals surface area contributed by atoms with E-state index in [0.29, 0.717) is 11.8 Å². The third kappa shape index (κ3) is 3.74. The fraction of sp³-hybridized carbons (Fsp3) is 0.350. The van der Waals surface area contributed by atoms with Crippen molar-refractivity contribution in [2.24, 2.45) is 16.6 Å². The van der Waals surface area contributed by atoms with Crippen molar-refractivity contribution in [2.45, 2.75) is 18.8 Å². The first-order valence-corrected chi connectivity index (χ1v) is 9.87. The second kappa shape index (κ2) is 8.23. The number of halogens is 2. The number of benzene rings is 1. The zero-order chi connectivity index (χ0) is 16.8. The molecule has 3 aliphatic rings. The molecule has 0 radical (unpaired) electrons. The normalized spacial score (nSPS) is 24.4. The highest BCUT2D eigenvalue weighted by Crippen LogP contribution is 2.41. The largest absolute Gasteiger partial charge is 0.383 e. The van der Waals surface area contributed by atoms with Crippen molar-refractivity contribution >= 4 is 58.6 Å². The highest BCUT2D eigenvalue weighted by Gasteiger charge is 2.35. The minimum Gasteiger partial charge on any atom is -0.383 e. The van der Waals surface area contributed by atoms with E-state index in [2.05, 4.69) is 39.3 Å². The van der Waals surface area contributed by atoms with Crippen LogP contribution in [0.15, 0.2) is 46.9 Å². The molecule has 7 heteroatoms. The van der Waals surface area contributed by atoms with Gasteiger partial charge in [0.05, 0.1) is 10.6 Å². The number of amidine groups is 1. The highest BCUT2D eigenvalue weighted by atomic mass is 35.5. The van der Waals surface area contributed by atoms with Crippen molar-refractivity contribution in [3.8, 4) is 0 Å². The lowest BCUT2D eigenvalue weighted by molar-refractivity contribution is 0.0876. The molecule has 0 aliphatic carbocycles. The molecule has 1 aromatic carbocycles. The van der Waals surface area contributed by atoms with Crippen LogP contribution in [0.4, 0.5) is 5.69 Å². The Morgan fingerprint density at radius 1 is 1.19 bits per heavy atom. The van der Waals surface area contributed by atoms with Gasteiger partial charge in [-0.05, 0) is 61.0 Å². The van der Waals surface area contributed by atoms with Gasteiger partial charge >= 0.3 is 0 Å². The van der Waals surface area contributed by atoms with Crippen molar-refractivity contribution in [1.82, 2.24) is 9.88 Å². The molecule has 2 aromatic heterocycles. The van der Waals surface area contributed by atoms with E-state index in [-0.39, 0.29) is 24.8 Å². The van der Waals surface area contributed by atoms with Gasteiger partial charge in [-0.15, -0.1) is 36.2 Å². The standard InChI is InChI=1S/C20H22N4S.2ClH/c21-20(19-2-1-9-25-19)23-14-3-4-15-16(11-22-18(15)10-14)17-12-24-7-5-13(17)6-8-24;;/h1-4,9-11,13,17,22H,5-8,12H2,(H2,21,23);2*1H/t17-;;/m1../s1. The van der Waals surface area contributed by atoms with Crippen molar-refractivity contribution in [3.05, 3.63) is 52.3 Å².